The standard InChI is InChI=1S/C5H7BN2O3/c1-8-4(11-6)3(2-7-8)5(9)10/h2H,6H2,1H3,(H,9,10). The molecule has 1 heterocycles. The van der Waals surface area contributed by atoms with Crippen molar-refractivity contribution < 1.29 is 14.6 Å². The first-order valence-electron chi connectivity index (χ1n) is 2.96. The van der Waals surface area contributed by atoms with Gasteiger partial charge in [0.05, 0.1) is 6.20 Å². The maximum absolute atomic E-state index is 10.5. The van der Waals surface area contributed by atoms with E-state index in [0.29, 0.717) is 0 Å². The molecule has 0 aliphatic carbocycles. The monoisotopic (exact) mass is 154 g/mol. The Labute approximate surface area is 64.0 Å². The van der Waals surface area contributed by atoms with Crippen molar-refractivity contribution >= 4 is 14.0 Å². The Morgan fingerprint density at radius 1 is 1.91 bits per heavy atom. The van der Waals surface area contributed by atoms with Gasteiger partial charge in [-0.05, 0) is 0 Å². The molecule has 0 unspecified atom stereocenters. The first-order chi connectivity index (χ1) is 5.16. The molecule has 0 saturated heterocycles. The van der Waals surface area contributed by atoms with E-state index in [4.69, 9.17) is 9.76 Å². The van der Waals surface area contributed by atoms with E-state index in [1.54, 1.807) is 7.05 Å². The summed E-state index contributed by atoms with van der Waals surface area (Å²) in [6, 6.07) is 0. The van der Waals surface area contributed by atoms with Crippen molar-refractivity contribution in [2.45, 2.75) is 0 Å². The van der Waals surface area contributed by atoms with E-state index in [1.165, 1.54) is 18.9 Å². The fraction of sp³-hybridized carbons (Fsp3) is 0.200. The number of aryl methyl sites for hydroxylation is 1. The van der Waals surface area contributed by atoms with Crippen molar-refractivity contribution in [2.24, 2.45) is 7.05 Å². The summed E-state index contributed by atoms with van der Waals surface area (Å²) in [6.07, 6.45) is 1.25. The van der Waals surface area contributed by atoms with Crippen molar-refractivity contribution in [2.75, 3.05) is 0 Å². The van der Waals surface area contributed by atoms with Crippen LogP contribution in [0.15, 0.2) is 6.20 Å². The molecule has 0 aliphatic rings. The molecule has 0 aliphatic heterocycles. The molecular formula is C5H7BN2O3. The molecule has 0 bridgehead atoms. The van der Waals surface area contributed by atoms with Gasteiger partial charge in [0.25, 0.3) is 0 Å². The average Bonchev–Trinajstić information content (AvgIpc) is 2.30. The zero-order valence-electron chi connectivity index (χ0n) is 6.24. The minimum atomic E-state index is -1.03. The van der Waals surface area contributed by atoms with Gasteiger partial charge in [0, 0.05) is 7.05 Å². The number of carbonyl (C=O) groups is 1. The summed E-state index contributed by atoms with van der Waals surface area (Å²) >= 11 is 0. The van der Waals surface area contributed by atoms with E-state index in [0.717, 1.165) is 0 Å². The van der Waals surface area contributed by atoms with Crippen molar-refractivity contribution in [3.63, 3.8) is 0 Å². The first kappa shape index (κ1) is 7.65. The van der Waals surface area contributed by atoms with Gasteiger partial charge in [0.2, 0.25) is 5.88 Å². The number of aromatic nitrogens is 2. The lowest BCUT2D eigenvalue weighted by Crippen LogP contribution is -2.01. The Balaban J connectivity index is 3.15. The second kappa shape index (κ2) is 2.65. The second-order valence-electron chi connectivity index (χ2n) is 2.00. The predicted molar refractivity (Wildman–Crippen MR) is 39.3 cm³/mol. The van der Waals surface area contributed by atoms with Gasteiger partial charge in [0.1, 0.15) is 5.56 Å². The van der Waals surface area contributed by atoms with Crippen LogP contribution in [-0.4, -0.2) is 28.9 Å². The number of carboxylic acid groups (broad SMARTS) is 1. The minimum absolute atomic E-state index is 0.0787. The lowest BCUT2D eigenvalue weighted by Gasteiger charge is -2.00. The molecule has 1 N–H and O–H groups in total. The molecule has 1 aromatic rings. The molecule has 0 radical (unpaired) electrons. The number of nitrogens with zero attached hydrogens (tertiary/aromatic N) is 2. The van der Waals surface area contributed by atoms with Crippen LogP contribution in [-0.2, 0) is 7.05 Å². The Morgan fingerprint density at radius 2 is 2.55 bits per heavy atom. The lowest BCUT2D eigenvalue weighted by atomic mass is 10.3. The summed E-state index contributed by atoms with van der Waals surface area (Å²) in [5, 5.41) is 12.3. The number of rotatable bonds is 2. The van der Waals surface area contributed by atoms with Gasteiger partial charge in [-0.25, -0.2) is 9.48 Å². The number of hydrogen-bond donors (Lipinski definition) is 1. The summed E-state index contributed by atoms with van der Waals surface area (Å²) in [5.74, 6) is -0.771. The Kier molecular flexibility index (Phi) is 1.84. The van der Waals surface area contributed by atoms with Crippen LogP contribution in [0, 0.1) is 0 Å². The van der Waals surface area contributed by atoms with Crippen LogP contribution in [0.1, 0.15) is 10.4 Å². The maximum Gasteiger partial charge on any atom is 0.342 e. The third-order valence-electron chi connectivity index (χ3n) is 1.31. The smallest absolute Gasteiger partial charge is 0.342 e. The predicted octanol–water partition coefficient (Wildman–Crippen LogP) is -0.955. The highest BCUT2D eigenvalue weighted by atomic mass is 16.4. The fourth-order valence-electron chi connectivity index (χ4n) is 0.815. The summed E-state index contributed by atoms with van der Waals surface area (Å²) < 4.78 is 6.16. The molecule has 0 atom stereocenters. The van der Waals surface area contributed by atoms with Crippen LogP contribution < -0.4 is 4.65 Å². The molecule has 5 nitrogen and oxygen atoms in total. The molecule has 0 amide bonds. The van der Waals surface area contributed by atoms with Crippen molar-refractivity contribution in [1.82, 2.24) is 9.78 Å². The van der Waals surface area contributed by atoms with E-state index in [2.05, 4.69) is 5.10 Å². The Bertz CT molecular complexity index is 283. The van der Waals surface area contributed by atoms with Gasteiger partial charge in [-0.3, -0.25) is 0 Å². The molecular weight excluding hydrogens is 147 g/mol. The van der Waals surface area contributed by atoms with Gasteiger partial charge in [-0.15, -0.1) is 0 Å². The maximum atomic E-state index is 10.5. The number of carboxylic acids is 1. The number of hydrogen-bond acceptors (Lipinski definition) is 3. The zero-order valence-corrected chi connectivity index (χ0v) is 6.24. The van der Waals surface area contributed by atoms with Gasteiger partial charge in [-0.1, -0.05) is 0 Å². The highest BCUT2D eigenvalue weighted by Gasteiger charge is 2.14. The lowest BCUT2D eigenvalue weighted by molar-refractivity contribution is 0.0694. The van der Waals surface area contributed by atoms with Crippen LogP contribution in [0.3, 0.4) is 0 Å². The second-order valence-corrected chi connectivity index (χ2v) is 2.00. The molecule has 58 valence electrons. The van der Waals surface area contributed by atoms with Crippen LogP contribution in [0.25, 0.3) is 0 Å². The van der Waals surface area contributed by atoms with Crippen molar-refractivity contribution in [3.05, 3.63) is 11.8 Å². The van der Waals surface area contributed by atoms with Gasteiger partial charge >= 0.3 is 14.0 Å². The molecule has 0 spiro atoms. The van der Waals surface area contributed by atoms with Crippen LogP contribution >= 0.6 is 0 Å². The van der Waals surface area contributed by atoms with E-state index in [-0.39, 0.29) is 11.4 Å². The Morgan fingerprint density at radius 3 is 2.91 bits per heavy atom. The highest BCUT2D eigenvalue weighted by molar-refractivity contribution is 6.01. The summed E-state index contributed by atoms with van der Waals surface area (Å²) in [4.78, 5) is 10.5. The summed E-state index contributed by atoms with van der Waals surface area (Å²) in [6.45, 7) is 0. The fourth-order valence-corrected chi connectivity index (χ4v) is 0.815. The molecule has 0 aromatic carbocycles. The normalized spacial score (nSPS) is 9.55. The van der Waals surface area contributed by atoms with Crippen molar-refractivity contribution in [3.8, 4) is 5.88 Å². The molecule has 0 saturated carbocycles. The van der Waals surface area contributed by atoms with E-state index in [1.807, 2.05) is 0 Å². The van der Waals surface area contributed by atoms with Gasteiger partial charge in [0.15, 0.2) is 0 Å². The van der Waals surface area contributed by atoms with Crippen LogP contribution in [0.2, 0.25) is 0 Å². The first-order valence-corrected chi connectivity index (χ1v) is 2.96. The average molecular weight is 154 g/mol. The quantitative estimate of drug-likeness (QED) is 0.557. The van der Waals surface area contributed by atoms with E-state index >= 15 is 0 Å². The third-order valence-corrected chi connectivity index (χ3v) is 1.31. The molecule has 1 rings (SSSR count). The zero-order chi connectivity index (χ0) is 8.43. The molecule has 1 aromatic heterocycles. The van der Waals surface area contributed by atoms with E-state index in [9.17, 15) is 4.79 Å². The van der Waals surface area contributed by atoms with Gasteiger partial charge < -0.3 is 9.76 Å². The molecule has 0 fully saturated rings. The summed E-state index contributed by atoms with van der Waals surface area (Å²) in [7, 11) is 3.02. The largest absolute Gasteiger partial charge is 0.555 e. The Hall–Kier alpha value is -1.46. The topological polar surface area (TPSA) is 64.3 Å². The molecule has 6 heteroatoms. The van der Waals surface area contributed by atoms with Crippen LogP contribution in [0.4, 0.5) is 0 Å². The minimum Gasteiger partial charge on any atom is -0.555 e. The third kappa shape index (κ3) is 1.19. The number of aromatic carboxylic acids is 1. The highest BCUT2D eigenvalue weighted by Crippen LogP contribution is 2.14. The van der Waals surface area contributed by atoms with E-state index < -0.39 is 5.97 Å². The summed E-state index contributed by atoms with van der Waals surface area (Å²) in [5.41, 5.74) is 0.0787. The van der Waals surface area contributed by atoms with Crippen LogP contribution in [0.5, 0.6) is 5.88 Å². The van der Waals surface area contributed by atoms with Crippen molar-refractivity contribution in [1.29, 1.82) is 0 Å². The SMILES string of the molecule is BOc1c(C(=O)O)cnn1C. The molecule has 11 heavy (non-hydrogen) atoms. The van der Waals surface area contributed by atoms with Gasteiger partial charge in [-0.2, -0.15) is 5.10 Å².